The molecule has 0 rings (SSSR count). The van der Waals surface area contributed by atoms with Gasteiger partial charge in [0.15, 0.2) is 6.10 Å². The maximum Gasteiger partial charge on any atom is 0.472 e. The Kier molecular flexibility index (Phi) is 58.9. The quantitative estimate of drug-likeness (QED) is 0.0197. The molecule has 3 atom stereocenters. The van der Waals surface area contributed by atoms with Crippen molar-refractivity contribution in [3.05, 3.63) is 146 Å². The van der Waals surface area contributed by atoms with E-state index in [4.69, 9.17) is 23.3 Å². The normalized spacial score (nSPS) is 14.3. The van der Waals surface area contributed by atoms with Crippen molar-refractivity contribution in [1.82, 2.24) is 0 Å². The van der Waals surface area contributed by atoms with Crippen LogP contribution in [0, 0.1) is 0 Å². The molecule has 0 aromatic heterocycles. The number of carbonyl (C=O) groups excluding carboxylic acids is 3. The Balaban J connectivity index is 4.84. The number of unbranched alkanes of at least 4 members (excludes halogenated alkanes) is 16. The monoisotopic (exact) mass is 1160 g/mol. The summed E-state index contributed by atoms with van der Waals surface area (Å²) >= 11 is 0. The molecule has 12 heteroatoms. The van der Waals surface area contributed by atoms with Crippen LogP contribution in [0.5, 0.6) is 0 Å². The van der Waals surface area contributed by atoms with Crippen LogP contribution < -0.4 is 0 Å². The highest BCUT2D eigenvalue weighted by atomic mass is 31.2. The first-order valence-electron chi connectivity index (χ1n) is 31.7. The first-order chi connectivity index (χ1) is 40.2. The van der Waals surface area contributed by atoms with Crippen LogP contribution >= 0.6 is 7.82 Å². The second kappa shape index (κ2) is 62.4. The highest BCUT2D eigenvalue weighted by Crippen LogP contribution is 2.43. The second-order valence-corrected chi connectivity index (χ2v) is 21.9. The number of carbonyl (C=O) groups is 3. The molecule has 0 saturated heterocycles. The van der Waals surface area contributed by atoms with Gasteiger partial charge >= 0.3 is 25.7 Å². The summed E-state index contributed by atoms with van der Waals surface area (Å²) in [4.78, 5) is 48.7. The molecule has 0 spiro atoms. The molecule has 0 aliphatic rings. The first-order valence-corrected chi connectivity index (χ1v) is 33.2. The van der Waals surface area contributed by atoms with Crippen molar-refractivity contribution < 1.29 is 52.2 Å². The fourth-order valence-electron chi connectivity index (χ4n) is 7.99. The van der Waals surface area contributed by atoms with Crippen molar-refractivity contribution in [1.29, 1.82) is 0 Å². The van der Waals surface area contributed by atoms with Crippen molar-refractivity contribution in [3.8, 4) is 0 Å². The molecule has 11 nitrogen and oxygen atoms in total. The molecule has 0 saturated carbocycles. The van der Waals surface area contributed by atoms with Gasteiger partial charge in [-0.1, -0.05) is 237 Å². The summed E-state index contributed by atoms with van der Waals surface area (Å²) in [6.07, 6.45) is 80.9. The van der Waals surface area contributed by atoms with Crippen LogP contribution in [0.3, 0.4) is 0 Å². The predicted octanol–water partition coefficient (Wildman–Crippen LogP) is 19.5. The molecular weight excluding hydrogens is 1050 g/mol. The second-order valence-electron chi connectivity index (χ2n) is 20.5. The zero-order valence-electron chi connectivity index (χ0n) is 51.4. The van der Waals surface area contributed by atoms with Crippen LogP contribution in [0.2, 0.25) is 0 Å². The van der Waals surface area contributed by atoms with E-state index in [1.807, 2.05) is 12.2 Å². The Morgan fingerprint density at radius 1 is 0.354 bits per heavy atom. The molecule has 0 amide bonds. The SMILES string of the molecule is CC/C=C\C/C=C\C/C=C\C/C=C\C/C=C\C/C=C\CCC(=O)OC(COC(=O)CCCCCCCCC/C=C\C/C=C\C/C=C\CC)COP(=O)(O)OCC(CO)OC(=O)CCCCCCCC/C=C\C/C=C\C/C=C\CCCCC. The number of aliphatic hydroxyl groups is 1. The molecule has 0 aromatic rings. The molecular formula is C70H113O11P. The molecule has 82 heavy (non-hydrogen) atoms. The molecule has 0 heterocycles. The molecule has 464 valence electrons. The zero-order valence-corrected chi connectivity index (χ0v) is 52.3. The fraction of sp³-hybridized carbons (Fsp3) is 0.614. The summed E-state index contributed by atoms with van der Waals surface area (Å²) in [5.74, 6) is -1.60. The van der Waals surface area contributed by atoms with E-state index in [9.17, 15) is 28.9 Å². The van der Waals surface area contributed by atoms with Crippen LogP contribution in [-0.2, 0) is 42.2 Å². The van der Waals surface area contributed by atoms with Crippen molar-refractivity contribution in [3.63, 3.8) is 0 Å². The van der Waals surface area contributed by atoms with Gasteiger partial charge in [0, 0.05) is 19.3 Å². The number of esters is 3. The summed E-state index contributed by atoms with van der Waals surface area (Å²) in [7, 11) is -4.79. The minimum absolute atomic E-state index is 0.0313. The number of allylic oxidation sites excluding steroid dienone is 24. The third-order valence-corrected chi connectivity index (χ3v) is 13.7. The van der Waals surface area contributed by atoms with Crippen LogP contribution in [0.25, 0.3) is 0 Å². The van der Waals surface area contributed by atoms with Gasteiger partial charge in [-0.2, -0.15) is 0 Å². The van der Waals surface area contributed by atoms with E-state index in [2.05, 4.69) is 154 Å². The minimum atomic E-state index is -4.79. The summed E-state index contributed by atoms with van der Waals surface area (Å²) in [5.41, 5.74) is 0. The first kappa shape index (κ1) is 77.4. The number of hydrogen-bond acceptors (Lipinski definition) is 10. The maximum atomic E-state index is 13.0. The highest BCUT2D eigenvalue weighted by molar-refractivity contribution is 7.47. The minimum Gasteiger partial charge on any atom is -0.462 e. The number of phosphoric ester groups is 1. The van der Waals surface area contributed by atoms with Gasteiger partial charge in [-0.15, -0.1) is 0 Å². The summed E-state index contributed by atoms with van der Waals surface area (Å²) in [5, 5.41) is 9.86. The van der Waals surface area contributed by atoms with E-state index in [-0.39, 0.29) is 25.9 Å². The van der Waals surface area contributed by atoms with E-state index >= 15 is 0 Å². The lowest BCUT2D eigenvalue weighted by molar-refractivity contribution is -0.161. The van der Waals surface area contributed by atoms with E-state index < -0.39 is 57.8 Å². The number of hydrogen-bond donors (Lipinski definition) is 2. The fourth-order valence-corrected chi connectivity index (χ4v) is 8.77. The van der Waals surface area contributed by atoms with Crippen molar-refractivity contribution in [2.75, 3.05) is 26.4 Å². The van der Waals surface area contributed by atoms with Gasteiger partial charge < -0.3 is 24.2 Å². The van der Waals surface area contributed by atoms with E-state index in [1.54, 1.807) is 0 Å². The van der Waals surface area contributed by atoms with Gasteiger partial charge in [-0.3, -0.25) is 23.4 Å². The molecule has 0 aliphatic carbocycles. The average molecular weight is 1160 g/mol. The Morgan fingerprint density at radius 3 is 1.05 bits per heavy atom. The lowest BCUT2D eigenvalue weighted by Crippen LogP contribution is -2.30. The van der Waals surface area contributed by atoms with Crippen molar-refractivity contribution in [2.45, 2.75) is 251 Å². The van der Waals surface area contributed by atoms with Gasteiger partial charge in [-0.05, 0) is 128 Å². The Morgan fingerprint density at radius 2 is 0.659 bits per heavy atom. The number of aliphatic hydroxyl groups excluding tert-OH is 1. The molecule has 0 bridgehead atoms. The largest absolute Gasteiger partial charge is 0.472 e. The highest BCUT2D eigenvalue weighted by Gasteiger charge is 2.28. The van der Waals surface area contributed by atoms with E-state index in [0.717, 1.165) is 141 Å². The lowest BCUT2D eigenvalue weighted by atomic mass is 10.1. The third-order valence-electron chi connectivity index (χ3n) is 12.7. The van der Waals surface area contributed by atoms with E-state index in [1.165, 1.54) is 32.1 Å². The van der Waals surface area contributed by atoms with Crippen LogP contribution in [0.1, 0.15) is 239 Å². The molecule has 0 aliphatic heterocycles. The molecule has 0 radical (unpaired) electrons. The zero-order chi connectivity index (χ0) is 59.8. The predicted molar refractivity (Wildman–Crippen MR) is 343 cm³/mol. The van der Waals surface area contributed by atoms with E-state index in [0.29, 0.717) is 25.7 Å². The van der Waals surface area contributed by atoms with Gasteiger partial charge in [0.2, 0.25) is 0 Å². The molecule has 0 aromatic carbocycles. The Bertz CT molecular complexity index is 1930. The smallest absolute Gasteiger partial charge is 0.462 e. The Hall–Kier alpha value is -4.64. The third kappa shape index (κ3) is 60.0. The summed E-state index contributed by atoms with van der Waals surface area (Å²) < 4.78 is 39.6. The number of ether oxygens (including phenoxy) is 3. The molecule has 3 unspecified atom stereocenters. The van der Waals surface area contributed by atoms with Crippen LogP contribution in [0.15, 0.2) is 146 Å². The van der Waals surface area contributed by atoms with Crippen LogP contribution in [-0.4, -0.2) is 66.5 Å². The molecule has 0 fully saturated rings. The van der Waals surface area contributed by atoms with Gasteiger partial charge in [0.05, 0.1) is 19.8 Å². The number of rotatable bonds is 57. The Labute approximate surface area is 499 Å². The topological polar surface area (TPSA) is 155 Å². The van der Waals surface area contributed by atoms with Crippen molar-refractivity contribution in [2.24, 2.45) is 0 Å². The summed E-state index contributed by atoms with van der Waals surface area (Å²) in [6, 6.07) is 0. The van der Waals surface area contributed by atoms with Gasteiger partial charge in [-0.25, -0.2) is 4.57 Å². The maximum absolute atomic E-state index is 13.0. The van der Waals surface area contributed by atoms with Gasteiger partial charge in [0.1, 0.15) is 12.7 Å². The molecule has 2 N–H and O–H groups in total. The van der Waals surface area contributed by atoms with Crippen LogP contribution in [0.4, 0.5) is 0 Å². The van der Waals surface area contributed by atoms with Gasteiger partial charge in [0.25, 0.3) is 0 Å². The number of phosphoric acid groups is 1. The van der Waals surface area contributed by atoms with Crippen molar-refractivity contribution >= 4 is 25.7 Å². The standard InChI is InChI=1S/C70H113O11P/c1-4-7-10-13-16-19-22-25-28-31-33-36-39-42-45-48-51-54-57-60-69(73)80-66(62-71)64-78-82(75,76)79-65-67(63-77-68(72)59-56-53-50-47-44-41-38-35-30-27-24-21-18-15-12-9-6-3)81-70(74)61-58-55-52-49-46-43-40-37-34-32-29-26-23-20-17-14-11-8-5-2/h8-9,11-12,16-21,25-30,33-34,36-37,43,46,52,55,66-67,71H,4-7,10,13-15,22-24,31-32,35,38-42,44-45,47-51,53-54,56-65H2,1-3H3,(H,75,76)/b11-8-,12-9-,19-16-,20-17-,21-18-,28-25-,29-26-,30-27-,36-33-,37-34-,46-43-,55-52-. The average Bonchev–Trinajstić information content (AvgIpc) is 3.50. The summed E-state index contributed by atoms with van der Waals surface area (Å²) in [6.45, 7) is 4.28. The lowest BCUT2D eigenvalue weighted by Gasteiger charge is -2.21.